The maximum atomic E-state index is 12.3. The molecule has 0 saturated carbocycles. The predicted octanol–water partition coefficient (Wildman–Crippen LogP) is 4.49. The third-order valence-corrected chi connectivity index (χ3v) is 4.95. The Morgan fingerprint density at radius 3 is 2.76 bits per heavy atom. The lowest BCUT2D eigenvalue weighted by molar-refractivity contribution is 0.104. The standard InChI is InChI=1S/C16H11BrO3S/c1-20-13-6-9(11(17)8-12(13)18)7-15-16(19)10-4-2-3-5-14(10)21-15/h2-8,18H,1H3/b15-7+. The highest BCUT2D eigenvalue weighted by molar-refractivity contribution is 9.10. The fourth-order valence-electron chi connectivity index (χ4n) is 2.11. The van der Waals surface area contributed by atoms with E-state index in [-0.39, 0.29) is 11.5 Å². The van der Waals surface area contributed by atoms with Crippen LogP contribution in [0.15, 0.2) is 50.7 Å². The van der Waals surface area contributed by atoms with E-state index in [1.54, 1.807) is 18.2 Å². The van der Waals surface area contributed by atoms with Crippen LogP contribution in [-0.4, -0.2) is 18.0 Å². The summed E-state index contributed by atoms with van der Waals surface area (Å²) < 4.78 is 5.81. The largest absolute Gasteiger partial charge is 0.504 e. The molecular weight excluding hydrogens is 352 g/mol. The maximum Gasteiger partial charge on any atom is 0.200 e. The highest BCUT2D eigenvalue weighted by Crippen LogP contribution is 2.42. The number of hydrogen-bond donors (Lipinski definition) is 1. The average molecular weight is 363 g/mol. The Morgan fingerprint density at radius 2 is 2.05 bits per heavy atom. The van der Waals surface area contributed by atoms with Gasteiger partial charge in [0, 0.05) is 14.9 Å². The van der Waals surface area contributed by atoms with Gasteiger partial charge in [-0.15, -0.1) is 0 Å². The van der Waals surface area contributed by atoms with Crippen molar-refractivity contribution in [1.29, 1.82) is 0 Å². The van der Waals surface area contributed by atoms with Crippen molar-refractivity contribution in [1.82, 2.24) is 0 Å². The van der Waals surface area contributed by atoms with Gasteiger partial charge in [-0.2, -0.15) is 0 Å². The van der Waals surface area contributed by atoms with Crippen LogP contribution in [0.5, 0.6) is 11.5 Å². The minimum Gasteiger partial charge on any atom is -0.504 e. The van der Waals surface area contributed by atoms with Crippen molar-refractivity contribution >= 4 is 39.6 Å². The fraction of sp³-hybridized carbons (Fsp3) is 0.0625. The van der Waals surface area contributed by atoms with Gasteiger partial charge in [0.25, 0.3) is 0 Å². The molecule has 1 heterocycles. The number of carbonyl (C=O) groups is 1. The lowest BCUT2D eigenvalue weighted by Crippen LogP contribution is -1.94. The molecule has 0 spiro atoms. The van der Waals surface area contributed by atoms with Crippen LogP contribution in [0.3, 0.4) is 0 Å². The number of fused-ring (bicyclic) bond motifs is 1. The molecule has 1 N–H and O–H groups in total. The van der Waals surface area contributed by atoms with Gasteiger partial charge in [-0.3, -0.25) is 4.79 Å². The van der Waals surface area contributed by atoms with Crippen LogP contribution < -0.4 is 4.74 Å². The number of benzene rings is 2. The summed E-state index contributed by atoms with van der Waals surface area (Å²) in [5, 5.41) is 9.72. The van der Waals surface area contributed by atoms with E-state index in [2.05, 4.69) is 15.9 Å². The zero-order valence-electron chi connectivity index (χ0n) is 11.1. The van der Waals surface area contributed by atoms with Gasteiger partial charge in [0.2, 0.25) is 5.78 Å². The average Bonchev–Trinajstić information content (AvgIpc) is 2.79. The molecule has 0 amide bonds. The number of hydrogen-bond acceptors (Lipinski definition) is 4. The second-order valence-corrected chi connectivity index (χ2v) is 6.42. The van der Waals surface area contributed by atoms with Crippen molar-refractivity contribution in [3.63, 3.8) is 0 Å². The molecule has 0 unspecified atom stereocenters. The maximum absolute atomic E-state index is 12.3. The monoisotopic (exact) mass is 362 g/mol. The molecular formula is C16H11BrO3S. The van der Waals surface area contributed by atoms with Gasteiger partial charge in [0.05, 0.1) is 12.0 Å². The minimum atomic E-state index is 0.0227. The molecule has 2 aromatic carbocycles. The van der Waals surface area contributed by atoms with Crippen LogP contribution in [0.25, 0.3) is 6.08 Å². The molecule has 0 fully saturated rings. The zero-order valence-corrected chi connectivity index (χ0v) is 13.5. The number of ether oxygens (including phenoxy) is 1. The lowest BCUT2D eigenvalue weighted by Gasteiger charge is -2.07. The van der Waals surface area contributed by atoms with Gasteiger partial charge in [-0.25, -0.2) is 0 Å². The topological polar surface area (TPSA) is 46.5 Å². The van der Waals surface area contributed by atoms with E-state index in [0.29, 0.717) is 15.1 Å². The van der Waals surface area contributed by atoms with E-state index in [1.165, 1.54) is 18.9 Å². The normalized spacial score (nSPS) is 15.3. The number of allylic oxidation sites excluding steroid dienone is 1. The molecule has 21 heavy (non-hydrogen) atoms. The molecule has 5 heteroatoms. The minimum absolute atomic E-state index is 0.0227. The summed E-state index contributed by atoms with van der Waals surface area (Å²) in [5.74, 6) is 0.452. The van der Waals surface area contributed by atoms with Gasteiger partial charge < -0.3 is 9.84 Å². The SMILES string of the molecule is COc1cc(/C=C2/Sc3ccccc3C2=O)c(Br)cc1O. The van der Waals surface area contributed by atoms with Crippen LogP contribution in [-0.2, 0) is 0 Å². The molecule has 0 bridgehead atoms. The quantitative estimate of drug-likeness (QED) is 0.799. The van der Waals surface area contributed by atoms with Gasteiger partial charge in [0.15, 0.2) is 11.5 Å². The number of phenols is 1. The smallest absolute Gasteiger partial charge is 0.200 e. The molecule has 0 radical (unpaired) electrons. The number of rotatable bonds is 2. The number of halogens is 1. The first-order valence-corrected chi connectivity index (χ1v) is 7.81. The second kappa shape index (κ2) is 5.58. The van der Waals surface area contributed by atoms with Crippen LogP contribution in [0.4, 0.5) is 0 Å². The Bertz CT molecular complexity index is 768. The van der Waals surface area contributed by atoms with E-state index in [1.807, 2.05) is 24.3 Å². The zero-order chi connectivity index (χ0) is 15.0. The summed E-state index contributed by atoms with van der Waals surface area (Å²) in [6.07, 6.45) is 1.80. The second-order valence-electron chi connectivity index (χ2n) is 4.48. The Kier molecular flexibility index (Phi) is 3.78. The number of aromatic hydroxyl groups is 1. The highest BCUT2D eigenvalue weighted by atomic mass is 79.9. The van der Waals surface area contributed by atoms with Crippen molar-refractivity contribution in [2.45, 2.75) is 4.90 Å². The van der Waals surface area contributed by atoms with Crippen LogP contribution in [0.2, 0.25) is 0 Å². The predicted molar refractivity (Wildman–Crippen MR) is 87.0 cm³/mol. The first-order valence-electron chi connectivity index (χ1n) is 6.20. The Hall–Kier alpha value is -1.72. The van der Waals surface area contributed by atoms with Gasteiger partial charge >= 0.3 is 0 Å². The fourth-order valence-corrected chi connectivity index (χ4v) is 3.60. The third kappa shape index (κ3) is 2.59. The van der Waals surface area contributed by atoms with Gasteiger partial charge in [0.1, 0.15) is 0 Å². The van der Waals surface area contributed by atoms with E-state index < -0.39 is 0 Å². The summed E-state index contributed by atoms with van der Waals surface area (Å²) in [4.78, 5) is 14.0. The molecule has 1 aliphatic rings. The summed E-state index contributed by atoms with van der Waals surface area (Å²) in [6, 6.07) is 10.8. The Balaban J connectivity index is 2.03. The van der Waals surface area contributed by atoms with E-state index in [9.17, 15) is 9.90 Å². The number of Topliss-reactive ketones (excluding diaryl/α,β-unsaturated/α-hetero) is 1. The van der Waals surface area contributed by atoms with E-state index >= 15 is 0 Å². The Labute approximate surface area is 134 Å². The van der Waals surface area contributed by atoms with E-state index in [4.69, 9.17) is 4.74 Å². The Morgan fingerprint density at radius 1 is 1.29 bits per heavy atom. The van der Waals surface area contributed by atoms with Crippen molar-refractivity contribution in [3.05, 3.63) is 56.9 Å². The molecule has 3 nitrogen and oxygen atoms in total. The summed E-state index contributed by atoms with van der Waals surface area (Å²) in [5.41, 5.74) is 1.52. The molecule has 106 valence electrons. The number of ketones is 1. The van der Waals surface area contributed by atoms with Crippen LogP contribution in [0, 0.1) is 0 Å². The molecule has 1 aliphatic heterocycles. The van der Waals surface area contributed by atoms with Crippen LogP contribution in [0.1, 0.15) is 15.9 Å². The number of methoxy groups -OCH3 is 1. The lowest BCUT2D eigenvalue weighted by atomic mass is 10.1. The molecule has 0 aromatic heterocycles. The number of carbonyl (C=O) groups excluding carboxylic acids is 1. The molecule has 0 atom stereocenters. The van der Waals surface area contributed by atoms with Crippen LogP contribution >= 0.6 is 27.7 Å². The van der Waals surface area contributed by atoms with Crippen molar-refractivity contribution in [2.75, 3.05) is 7.11 Å². The van der Waals surface area contributed by atoms with Gasteiger partial charge in [-0.1, -0.05) is 39.8 Å². The molecule has 3 rings (SSSR count). The summed E-state index contributed by atoms with van der Waals surface area (Å²) >= 11 is 4.85. The first-order chi connectivity index (χ1) is 10.1. The summed E-state index contributed by atoms with van der Waals surface area (Å²) in [7, 11) is 1.49. The number of thioether (sulfide) groups is 1. The number of phenolic OH excluding ortho intramolecular Hbond substituents is 1. The molecule has 0 aliphatic carbocycles. The molecule has 2 aromatic rings. The summed E-state index contributed by atoms with van der Waals surface area (Å²) in [6.45, 7) is 0. The molecule has 0 saturated heterocycles. The van der Waals surface area contributed by atoms with E-state index in [0.717, 1.165) is 16.0 Å². The van der Waals surface area contributed by atoms with Crippen molar-refractivity contribution in [3.8, 4) is 11.5 Å². The third-order valence-electron chi connectivity index (χ3n) is 3.16. The van der Waals surface area contributed by atoms with Crippen molar-refractivity contribution in [2.24, 2.45) is 0 Å². The van der Waals surface area contributed by atoms with Gasteiger partial charge in [-0.05, 0) is 35.9 Å². The van der Waals surface area contributed by atoms with Crippen molar-refractivity contribution < 1.29 is 14.6 Å². The first kappa shape index (κ1) is 14.2. The highest BCUT2D eigenvalue weighted by Gasteiger charge is 2.25.